The zero-order valence-electron chi connectivity index (χ0n) is 30.1. The Morgan fingerprint density at radius 3 is 1.59 bits per heavy atom. The molecule has 3 heterocycles. The van der Waals surface area contributed by atoms with E-state index in [2.05, 4.69) is 152 Å². The van der Waals surface area contributed by atoms with Crippen LogP contribution in [0.4, 0.5) is 0 Å². The summed E-state index contributed by atoms with van der Waals surface area (Å²) in [6.07, 6.45) is 0. The standard InChI is InChI=1S/C51H31N3OS/c1-4-13-32(14-5-1)34-23-25-36(26-24-34)50-52-49(35-17-8-3-9-18-35)53-51(54-50)37-27-28-39-41-20-12-21-42(47(41)55-45(39)31-37)44-30-38(33-15-6-2-7-16-33)29-43-40-19-10-11-22-46(40)56-48(43)44/h1-31H. The Labute approximate surface area is 327 Å². The largest absolute Gasteiger partial charge is 0.455 e. The lowest BCUT2D eigenvalue weighted by molar-refractivity contribution is 0.670. The molecule has 3 aromatic heterocycles. The summed E-state index contributed by atoms with van der Waals surface area (Å²) in [5.41, 5.74) is 11.3. The number of benzene rings is 8. The van der Waals surface area contributed by atoms with Crippen molar-refractivity contribution in [2.45, 2.75) is 0 Å². The third kappa shape index (κ3) is 5.56. The average molecular weight is 734 g/mol. The molecule has 0 radical (unpaired) electrons. The van der Waals surface area contributed by atoms with E-state index in [1.54, 1.807) is 0 Å². The maximum absolute atomic E-state index is 6.89. The van der Waals surface area contributed by atoms with Crippen LogP contribution in [-0.2, 0) is 0 Å². The Morgan fingerprint density at radius 1 is 0.339 bits per heavy atom. The molecule has 11 rings (SSSR count). The number of furan rings is 1. The summed E-state index contributed by atoms with van der Waals surface area (Å²) in [5.74, 6) is 1.83. The van der Waals surface area contributed by atoms with Crippen LogP contribution in [0.5, 0.6) is 0 Å². The van der Waals surface area contributed by atoms with Crippen molar-refractivity contribution < 1.29 is 4.42 Å². The molecule has 4 nitrogen and oxygen atoms in total. The first-order chi connectivity index (χ1) is 27.7. The van der Waals surface area contributed by atoms with Gasteiger partial charge in [-0.1, -0.05) is 158 Å². The summed E-state index contributed by atoms with van der Waals surface area (Å²) in [6.45, 7) is 0. The van der Waals surface area contributed by atoms with Crippen molar-refractivity contribution in [3.63, 3.8) is 0 Å². The second-order valence-electron chi connectivity index (χ2n) is 14.0. The molecule has 56 heavy (non-hydrogen) atoms. The highest BCUT2D eigenvalue weighted by Gasteiger charge is 2.20. The molecule has 5 heteroatoms. The first kappa shape index (κ1) is 32.2. The van der Waals surface area contributed by atoms with Gasteiger partial charge in [0.15, 0.2) is 17.5 Å². The van der Waals surface area contributed by atoms with Crippen LogP contribution in [0.3, 0.4) is 0 Å². The van der Waals surface area contributed by atoms with E-state index < -0.39 is 0 Å². The van der Waals surface area contributed by atoms with Gasteiger partial charge in [-0.15, -0.1) is 11.3 Å². The van der Waals surface area contributed by atoms with Gasteiger partial charge in [-0.2, -0.15) is 0 Å². The summed E-state index contributed by atoms with van der Waals surface area (Å²) < 4.78 is 9.41. The van der Waals surface area contributed by atoms with Gasteiger partial charge in [-0.3, -0.25) is 0 Å². The molecule has 0 amide bonds. The Balaban J connectivity index is 1.06. The first-order valence-electron chi connectivity index (χ1n) is 18.7. The number of aromatic nitrogens is 3. The lowest BCUT2D eigenvalue weighted by Gasteiger charge is -2.09. The number of rotatable bonds is 6. The van der Waals surface area contributed by atoms with Gasteiger partial charge in [-0.25, -0.2) is 15.0 Å². The molecule has 0 aliphatic rings. The molecular formula is C51H31N3OS. The van der Waals surface area contributed by atoms with E-state index in [9.17, 15) is 0 Å². The van der Waals surface area contributed by atoms with E-state index in [-0.39, 0.29) is 0 Å². The number of hydrogen-bond donors (Lipinski definition) is 0. The number of nitrogens with zero attached hydrogens (tertiary/aromatic N) is 3. The van der Waals surface area contributed by atoms with Crippen molar-refractivity contribution in [3.05, 3.63) is 188 Å². The molecule has 0 spiro atoms. The lowest BCUT2D eigenvalue weighted by atomic mass is 9.95. The van der Waals surface area contributed by atoms with Crippen molar-refractivity contribution in [2.24, 2.45) is 0 Å². The zero-order valence-corrected chi connectivity index (χ0v) is 30.9. The van der Waals surface area contributed by atoms with Crippen molar-refractivity contribution in [1.82, 2.24) is 15.0 Å². The van der Waals surface area contributed by atoms with Crippen LogP contribution in [0.15, 0.2) is 192 Å². The molecule has 0 unspecified atom stereocenters. The minimum absolute atomic E-state index is 0.589. The summed E-state index contributed by atoms with van der Waals surface area (Å²) in [6, 6.07) is 65.6. The highest BCUT2D eigenvalue weighted by molar-refractivity contribution is 7.26. The molecule has 0 N–H and O–H groups in total. The van der Waals surface area contributed by atoms with Crippen LogP contribution >= 0.6 is 11.3 Å². The van der Waals surface area contributed by atoms with Crippen LogP contribution in [0.1, 0.15) is 0 Å². The van der Waals surface area contributed by atoms with Gasteiger partial charge in [0.2, 0.25) is 0 Å². The third-order valence-electron chi connectivity index (χ3n) is 10.6. The Kier molecular flexibility index (Phi) is 7.64. The molecule has 262 valence electrons. The molecule has 0 saturated heterocycles. The summed E-state index contributed by atoms with van der Waals surface area (Å²) in [4.78, 5) is 15.0. The van der Waals surface area contributed by atoms with Gasteiger partial charge in [-0.05, 0) is 52.6 Å². The highest BCUT2D eigenvalue weighted by Crippen LogP contribution is 2.46. The topological polar surface area (TPSA) is 51.8 Å². The summed E-state index contributed by atoms with van der Waals surface area (Å²) in [5, 5.41) is 4.65. The quantitative estimate of drug-likeness (QED) is 0.171. The van der Waals surface area contributed by atoms with Crippen molar-refractivity contribution in [2.75, 3.05) is 0 Å². The maximum atomic E-state index is 6.89. The predicted molar refractivity (Wildman–Crippen MR) is 233 cm³/mol. The highest BCUT2D eigenvalue weighted by atomic mass is 32.1. The van der Waals surface area contributed by atoms with Crippen LogP contribution < -0.4 is 0 Å². The fourth-order valence-electron chi connectivity index (χ4n) is 7.77. The normalized spacial score (nSPS) is 11.6. The Hall–Kier alpha value is -7.21. The minimum Gasteiger partial charge on any atom is -0.455 e. The van der Waals surface area contributed by atoms with E-state index in [4.69, 9.17) is 19.4 Å². The fourth-order valence-corrected chi connectivity index (χ4v) is 8.98. The number of thiophene rings is 1. The first-order valence-corrected chi connectivity index (χ1v) is 19.5. The minimum atomic E-state index is 0.589. The van der Waals surface area contributed by atoms with Crippen LogP contribution in [0.25, 0.3) is 110 Å². The fraction of sp³-hybridized carbons (Fsp3) is 0. The maximum Gasteiger partial charge on any atom is 0.164 e. The molecule has 8 aromatic carbocycles. The molecule has 0 bridgehead atoms. The summed E-state index contributed by atoms with van der Waals surface area (Å²) in [7, 11) is 0. The van der Waals surface area contributed by atoms with Crippen LogP contribution in [0, 0.1) is 0 Å². The third-order valence-corrected chi connectivity index (χ3v) is 11.8. The Morgan fingerprint density at radius 2 is 0.875 bits per heavy atom. The van der Waals surface area contributed by atoms with E-state index in [1.165, 1.54) is 42.4 Å². The van der Waals surface area contributed by atoms with E-state index >= 15 is 0 Å². The Bertz CT molecular complexity index is 3230. The lowest BCUT2D eigenvalue weighted by Crippen LogP contribution is -2.00. The van der Waals surface area contributed by atoms with Gasteiger partial charge < -0.3 is 4.42 Å². The van der Waals surface area contributed by atoms with Crippen molar-refractivity contribution >= 4 is 53.4 Å². The van der Waals surface area contributed by atoms with Crippen molar-refractivity contribution in [3.8, 4) is 67.5 Å². The second-order valence-corrected chi connectivity index (χ2v) is 15.0. The average Bonchev–Trinajstić information content (AvgIpc) is 3.85. The van der Waals surface area contributed by atoms with Crippen molar-refractivity contribution in [1.29, 1.82) is 0 Å². The molecule has 0 atom stereocenters. The molecular weight excluding hydrogens is 703 g/mol. The van der Waals surface area contributed by atoms with Crippen LogP contribution in [0.2, 0.25) is 0 Å². The van der Waals surface area contributed by atoms with Gasteiger partial charge >= 0.3 is 0 Å². The molecule has 0 saturated carbocycles. The van der Waals surface area contributed by atoms with Crippen LogP contribution in [-0.4, -0.2) is 15.0 Å². The molecule has 0 fully saturated rings. The monoisotopic (exact) mass is 733 g/mol. The molecule has 0 aliphatic heterocycles. The van der Waals surface area contributed by atoms with Gasteiger partial charge in [0.05, 0.1) is 0 Å². The number of fused-ring (bicyclic) bond motifs is 6. The number of hydrogen-bond acceptors (Lipinski definition) is 5. The molecule has 0 aliphatic carbocycles. The van der Waals surface area contributed by atoms with Gasteiger partial charge in [0.1, 0.15) is 11.2 Å². The molecule has 11 aromatic rings. The van der Waals surface area contributed by atoms with E-state index in [0.717, 1.165) is 49.8 Å². The smallest absolute Gasteiger partial charge is 0.164 e. The summed E-state index contributed by atoms with van der Waals surface area (Å²) >= 11 is 1.84. The predicted octanol–water partition coefficient (Wildman–Crippen LogP) is 14.1. The van der Waals surface area contributed by atoms with Gasteiger partial charge in [0.25, 0.3) is 0 Å². The van der Waals surface area contributed by atoms with Gasteiger partial charge in [0, 0.05) is 58.8 Å². The SMILES string of the molecule is c1ccc(-c2ccc(-c3nc(-c4ccccc4)nc(-c4ccc5c(c4)oc4c(-c6cc(-c7ccccc7)cc7c6sc6ccccc67)cccc45)n3)cc2)cc1. The number of para-hydroxylation sites is 1. The zero-order chi connectivity index (χ0) is 37.0. The van der Waals surface area contributed by atoms with E-state index in [1.807, 2.05) is 47.7 Å². The second kappa shape index (κ2) is 13.3. The van der Waals surface area contributed by atoms with E-state index in [0.29, 0.717) is 17.5 Å².